The van der Waals surface area contributed by atoms with Crippen molar-refractivity contribution in [1.82, 2.24) is 0 Å². The van der Waals surface area contributed by atoms with Crippen molar-refractivity contribution in [3.05, 3.63) is 60.2 Å². The van der Waals surface area contributed by atoms with Gasteiger partial charge in [0.15, 0.2) is 23.2 Å². The van der Waals surface area contributed by atoms with Gasteiger partial charge in [-0.05, 0) is 42.4 Å². The van der Waals surface area contributed by atoms with Gasteiger partial charge in [-0.15, -0.1) is 0 Å². The van der Waals surface area contributed by atoms with E-state index in [0.29, 0.717) is 12.8 Å². The Morgan fingerprint density at radius 2 is 1.81 bits per heavy atom. The first-order chi connectivity index (χ1) is 12.2. The second kappa shape index (κ2) is 9.94. The monoisotopic (exact) mass is 370 g/mol. The van der Waals surface area contributed by atoms with E-state index < -0.39 is 17.5 Å². The summed E-state index contributed by atoms with van der Waals surface area (Å²) >= 11 is 0. The summed E-state index contributed by atoms with van der Waals surface area (Å²) in [6.45, 7) is 10.8. The molecule has 0 heterocycles. The zero-order chi connectivity index (χ0) is 19.9. The van der Waals surface area contributed by atoms with Gasteiger partial charge in [-0.2, -0.15) is 4.39 Å². The average molecular weight is 370 g/mol. The molecule has 0 saturated carbocycles. The quantitative estimate of drug-likeness (QED) is 0.416. The number of phenols is 1. The topological polar surface area (TPSA) is 38.7 Å². The van der Waals surface area contributed by atoms with Crippen molar-refractivity contribution < 1.29 is 27.8 Å². The molecule has 3 nitrogen and oxygen atoms in total. The standard InChI is InChI=1S/C20H25F3O3/c1-12(11-26-18-9-8-16(24)10-17(18)21)6-7-13(2)14(3)19(22)20(23)15(4)25-5/h8-10,12-13,24H,3-4,6-7,11H2,1-2,5H3/b20-19-. The van der Waals surface area contributed by atoms with Crippen LogP contribution in [-0.4, -0.2) is 18.8 Å². The van der Waals surface area contributed by atoms with Crippen LogP contribution in [0, 0.1) is 17.7 Å². The van der Waals surface area contributed by atoms with Crippen LogP contribution in [0.4, 0.5) is 13.2 Å². The van der Waals surface area contributed by atoms with E-state index in [9.17, 15) is 13.2 Å². The number of benzene rings is 1. The predicted molar refractivity (Wildman–Crippen MR) is 95.7 cm³/mol. The van der Waals surface area contributed by atoms with Crippen molar-refractivity contribution >= 4 is 0 Å². The highest BCUT2D eigenvalue weighted by atomic mass is 19.2. The lowest BCUT2D eigenvalue weighted by Gasteiger charge is -2.18. The molecule has 0 saturated heterocycles. The maximum absolute atomic E-state index is 14.0. The summed E-state index contributed by atoms with van der Waals surface area (Å²) in [5.41, 5.74) is 0.0402. The van der Waals surface area contributed by atoms with Crippen molar-refractivity contribution in [2.45, 2.75) is 26.7 Å². The van der Waals surface area contributed by atoms with Gasteiger partial charge >= 0.3 is 0 Å². The number of rotatable bonds is 10. The lowest BCUT2D eigenvalue weighted by Crippen LogP contribution is -2.11. The molecule has 0 aliphatic heterocycles. The van der Waals surface area contributed by atoms with Crippen molar-refractivity contribution in [2.24, 2.45) is 11.8 Å². The van der Waals surface area contributed by atoms with Gasteiger partial charge in [0.2, 0.25) is 0 Å². The number of methoxy groups -OCH3 is 1. The Bertz CT molecular complexity index is 683. The normalized spacial score (nSPS) is 14.2. The van der Waals surface area contributed by atoms with Crippen LogP contribution < -0.4 is 4.74 Å². The largest absolute Gasteiger partial charge is 0.508 e. The van der Waals surface area contributed by atoms with E-state index >= 15 is 0 Å². The molecule has 0 bridgehead atoms. The maximum atomic E-state index is 14.0. The minimum Gasteiger partial charge on any atom is -0.508 e. The van der Waals surface area contributed by atoms with Gasteiger partial charge in [0.05, 0.1) is 13.7 Å². The molecular formula is C20H25F3O3. The number of phenolic OH excluding ortho intramolecular Hbond substituents is 1. The molecule has 0 aliphatic carbocycles. The minimum absolute atomic E-state index is 0.0402. The van der Waals surface area contributed by atoms with E-state index in [-0.39, 0.29) is 41.3 Å². The molecule has 0 spiro atoms. The van der Waals surface area contributed by atoms with Crippen LogP contribution in [0.1, 0.15) is 26.7 Å². The summed E-state index contributed by atoms with van der Waals surface area (Å²) in [5.74, 6) is -3.58. The third-order valence-electron chi connectivity index (χ3n) is 4.09. The Morgan fingerprint density at radius 1 is 1.15 bits per heavy atom. The highest BCUT2D eigenvalue weighted by Gasteiger charge is 2.19. The lowest BCUT2D eigenvalue weighted by molar-refractivity contribution is 0.236. The fourth-order valence-corrected chi connectivity index (χ4v) is 2.20. The molecule has 0 aromatic heterocycles. The van der Waals surface area contributed by atoms with Gasteiger partial charge in [-0.25, -0.2) is 8.78 Å². The van der Waals surface area contributed by atoms with Crippen LogP contribution in [0.25, 0.3) is 0 Å². The lowest BCUT2D eigenvalue weighted by atomic mass is 9.92. The Morgan fingerprint density at radius 3 is 2.38 bits per heavy atom. The number of hydrogen-bond donors (Lipinski definition) is 1. The second-order valence-electron chi connectivity index (χ2n) is 6.29. The molecule has 0 amide bonds. The van der Waals surface area contributed by atoms with Gasteiger partial charge in [0, 0.05) is 6.07 Å². The Labute approximate surface area is 152 Å². The Balaban J connectivity index is 2.52. The molecule has 26 heavy (non-hydrogen) atoms. The first-order valence-corrected chi connectivity index (χ1v) is 8.26. The molecule has 0 radical (unpaired) electrons. The summed E-state index contributed by atoms with van der Waals surface area (Å²) in [6.07, 6.45) is 1.21. The second-order valence-corrected chi connectivity index (χ2v) is 6.29. The molecule has 144 valence electrons. The number of aromatic hydroxyl groups is 1. The van der Waals surface area contributed by atoms with Gasteiger partial charge < -0.3 is 14.6 Å². The third kappa shape index (κ3) is 6.17. The van der Waals surface area contributed by atoms with Gasteiger partial charge in [0.1, 0.15) is 11.5 Å². The van der Waals surface area contributed by atoms with E-state index in [4.69, 9.17) is 9.84 Å². The van der Waals surface area contributed by atoms with Crippen molar-refractivity contribution in [3.63, 3.8) is 0 Å². The first-order valence-electron chi connectivity index (χ1n) is 8.26. The number of hydrogen-bond acceptors (Lipinski definition) is 3. The summed E-state index contributed by atoms with van der Waals surface area (Å²) in [6, 6.07) is 3.67. The summed E-state index contributed by atoms with van der Waals surface area (Å²) in [5, 5.41) is 9.17. The third-order valence-corrected chi connectivity index (χ3v) is 4.09. The number of halogens is 3. The zero-order valence-corrected chi connectivity index (χ0v) is 15.3. The van der Waals surface area contributed by atoms with E-state index in [1.54, 1.807) is 6.92 Å². The van der Waals surface area contributed by atoms with Crippen molar-refractivity contribution in [2.75, 3.05) is 13.7 Å². The molecule has 0 fully saturated rings. The van der Waals surface area contributed by atoms with Crippen LogP contribution in [0.5, 0.6) is 11.5 Å². The number of ether oxygens (including phenoxy) is 2. The Hall–Kier alpha value is -2.37. The molecule has 6 heteroatoms. The van der Waals surface area contributed by atoms with E-state index in [1.165, 1.54) is 19.2 Å². The van der Waals surface area contributed by atoms with Crippen LogP contribution in [-0.2, 0) is 4.74 Å². The van der Waals surface area contributed by atoms with Crippen LogP contribution >= 0.6 is 0 Å². The van der Waals surface area contributed by atoms with Gasteiger partial charge in [-0.1, -0.05) is 27.0 Å². The fourth-order valence-electron chi connectivity index (χ4n) is 2.20. The molecular weight excluding hydrogens is 345 g/mol. The van der Waals surface area contributed by atoms with E-state index in [1.807, 2.05) is 6.92 Å². The fraction of sp³-hybridized carbons (Fsp3) is 0.400. The highest BCUT2D eigenvalue weighted by molar-refractivity contribution is 5.33. The van der Waals surface area contributed by atoms with Crippen molar-refractivity contribution in [3.8, 4) is 11.5 Å². The molecule has 1 aromatic rings. The smallest absolute Gasteiger partial charge is 0.200 e. The molecule has 0 aliphatic rings. The number of allylic oxidation sites excluding steroid dienone is 3. The Kier molecular flexibility index (Phi) is 8.29. The predicted octanol–water partition coefficient (Wildman–Crippen LogP) is 5.83. The van der Waals surface area contributed by atoms with Crippen LogP contribution in [0.15, 0.2) is 54.3 Å². The summed E-state index contributed by atoms with van der Waals surface area (Å²) in [7, 11) is 1.21. The minimum atomic E-state index is -1.15. The summed E-state index contributed by atoms with van der Waals surface area (Å²) in [4.78, 5) is 0. The molecule has 1 rings (SSSR count). The van der Waals surface area contributed by atoms with Gasteiger partial charge in [0.25, 0.3) is 0 Å². The van der Waals surface area contributed by atoms with Gasteiger partial charge in [-0.3, -0.25) is 0 Å². The highest BCUT2D eigenvalue weighted by Crippen LogP contribution is 2.30. The summed E-state index contributed by atoms with van der Waals surface area (Å²) < 4.78 is 51.3. The zero-order valence-electron chi connectivity index (χ0n) is 15.3. The van der Waals surface area contributed by atoms with Crippen molar-refractivity contribution in [1.29, 1.82) is 0 Å². The molecule has 2 atom stereocenters. The maximum Gasteiger partial charge on any atom is 0.200 e. The molecule has 2 unspecified atom stereocenters. The van der Waals surface area contributed by atoms with E-state index in [2.05, 4.69) is 17.9 Å². The average Bonchev–Trinajstić information content (AvgIpc) is 2.62. The first kappa shape index (κ1) is 21.7. The van der Waals surface area contributed by atoms with Crippen LogP contribution in [0.2, 0.25) is 0 Å². The SMILES string of the molecule is C=C(OC)/C(F)=C(/F)C(=C)C(C)CCC(C)COc1ccc(O)cc1F. The van der Waals surface area contributed by atoms with E-state index in [0.717, 1.165) is 6.07 Å². The molecule has 1 N–H and O–H groups in total. The van der Waals surface area contributed by atoms with Crippen LogP contribution in [0.3, 0.4) is 0 Å². The molecule has 1 aromatic carbocycles.